The van der Waals surface area contributed by atoms with Crippen molar-refractivity contribution in [3.63, 3.8) is 0 Å². The second kappa shape index (κ2) is 8.65. The number of rotatable bonds is 6. The normalized spacial score (nSPS) is 22.2. The van der Waals surface area contributed by atoms with Crippen molar-refractivity contribution >= 4 is 11.8 Å². The molecule has 1 aromatic heterocycles. The molecule has 0 aromatic carbocycles. The van der Waals surface area contributed by atoms with Crippen molar-refractivity contribution < 1.29 is 9.59 Å². The molecule has 1 aliphatic rings. The number of hydrogen-bond acceptors (Lipinski definition) is 3. The van der Waals surface area contributed by atoms with E-state index in [9.17, 15) is 9.59 Å². The lowest BCUT2D eigenvalue weighted by Crippen LogP contribution is -2.36. The molecule has 1 atom stereocenters. The summed E-state index contributed by atoms with van der Waals surface area (Å²) in [6.45, 7) is 4.20. The standard InChI is InChI=1S/C18H27N3O2/c1-3-17(23)20-12-14-7-9-15(10-8-14)18(21-13(2)22)16-6-4-5-11-19-16/h4-6,11,14-15,18H,3,7-10,12H2,1-2H3,(H,20,23)(H,21,22)/t14?,15?,18-/m0/s1. The van der Waals surface area contributed by atoms with Crippen LogP contribution >= 0.6 is 0 Å². The Labute approximate surface area is 138 Å². The van der Waals surface area contributed by atoms with Gasteiger partial charge in [-0.15, -0.1) is 0 Å². The number of carbonyl (C=O) groups is 2. The van der Waals surface area contributed by atoms with E-state index in [1.54, 1.807) is 13.1 Å². The molecular weight excluding hydrogens is 290 g/mol. The lowest BCUT2D eigenvalue weighted by atomic mass is 9.77. The van der Waals surface area contributed by atoms with E-state index in [1.807, 2.05) is 25.1 Å². The van der Waals surface area contributed by atoms with E-state index in [1.165, 1.54) is 0 Å². The highest BCUT2D eigenvalue weighted by atomic mass is 16.2. The highest BCUT2D eigenvalue weighted by molar-refractivity contribution is 5.75. The third-order valence-corrected chi connectivity index (χ3v) is 4.64. The van der Waals surface area contributed by atoms with Crippen LogP contribution in [0.5, 0.6) is 0 Å². The van der Waals surface area contributed by atoms with Gasteiger partial charge < -0.3 is 10.6 Å². The molecule has 0 unspecified atom stereocenters. The summed E-state index contributed by atoms with van der Waals surface area (Å²) < 4.78 is 0. The molecule has 5 nitrogen and oxygen atoms in total. The van der Waals surface area contributed by atoms with Crippen molar-refractivity contribution in [2.45, 2.75) is 52.0 Å². The zero-order valence-corrected chi connectivity index (χ0v) is 14.0. The molecule has 2 amide bonds. The molecule has 1 aromatic rings. The van der Waals surface area contributed by atoms with Crippen LogP contribution in [0.25, 0.3) is 0 Å². The molecule has 5 heteroatoms. The highest BCUT2D eigenvalue weighted by Gasteiger charge is 2.29. The Bertz CT molecular complexity index is 510. The van der Waals surface area contributed by atoms with Crippen molar-refractivity contribution in [2.24, 2.45) is 11.8 Å². The minimum atomic E-state index is -0.0158. The van der Waals surface area contributed by atoms with Crippen LogP contribution in [-0.2, 0) is 9.59 Å². The number of amides is 2. The quantitative estimate of drug-likeness (QED) is 0.847. The van der Waals surface area contributed by atoms with Crippen LogP contribution < -0.4 is 10.6 Å². The maximum atomic E-state index is 11.6. The summed E-state index contributed by atoms with van der Waals surface area (Å²) in [6, 6.07) is 5.82. The van der Waals surface area contributed by atoms with Crippen molar-refractivity contribution in [2.75, 3.05) is 6.54 Å². The van der Waals surface area contributed by atoms with Gasteiger partial charge in [-0.25, -0.2) is 0 Å². The predicted octanol–water partition coefficient (Wildman–Crippen LogP) is 2.59. The number of carbonyl (C=O) groups excluding carboxylic acids is 2. The van der Waals surface area contributed by atoms with Crippen LogP contribution in [0.15, 0.2) is 24.4 Å². The molecule has 2 rings (SSSR count). The molecular formula is C18H27N3O2. The molecule has 23 heavy (non-hydrogen) atoms. The molecule has 0 radical (unpaired) electrons. The second-order valence-corrected chi connectivity index (χ2v) is 6.37. The fraction of sp³-hybridized carbons (Fsp3) is 0.611. The molecule has 1 heterocycles. The minimum absolute atomic E-state index is 0.0140. The van der Waals surface area contributed by atoms with Gasteiger partial charge in [-0.3, -0.25) is 14.6 Å². The molecule has 2 N–H and O–H groups in total. The summed E-state index contributed by atoms with van der Waals surface area (Å²) in [4.78, 5) is 27.4. The van der Waals surface area contributed by atoms with E-state index in [2.05, 4.69) is 15.6 Å². The number of pyridine rings is 1. The summed E-state index contributed by atoms with van der Waals surface area (Å²) in [5.74, 6) is 1.06. The third-order valence-electron chi connectivity index (χ3n) is 4.64. The smallest absolute Gasteiger partial charge is 0.219 e. The number of aromatic nitrogens is 1. The fourth-order valence-corrected chi connectivity index (χ4v) is 3.32. The van der Waals surface area contributed by atoms with Gasteiger partial charge in [0.25, 0.3) is 0 Å². The Morgan fingerprint density at radius 2 is 2.00 bits per heavy atom. The number of hydrogen-bond donors (Lipinski definition) is 2. The lowest BCUT2D eigenvalue weighted by Gasteiger charge is -2.34. The van der Waals surface area contributed by atoms with E-state index in [-0.39, 0.29) is 17.9 Å². The lowest BCUT2D eigenvalue weighted by molar-refractivity contribution is -0.121. The number of nitrogens with one attached hydrogen (secondary N) is 2. The largest absolute Gasteiger partial charge is 0.356 e. The molecule has 126 valence electrons. The Kier molecular flexibility index (Phi) is 6.56. The van der Waals surface area contributed by atoms with E-state index < -0.39 is 0 Å². The van der Waals surface area contributed by atoms with Crippen LogP contribution in [0.2, 0.25) is 0 Å². The van der Waals surface area contributed by atoms with Crippen molar-refractivity contribution in [1.29, 1.82) is 0 Å². The summed E-state index contributed by atoms with van der Waals surface area (Å²) in [7, 11) is 0. The van der Waals surface area contributed by atoms with Gasteiger partial charge in [-0.2, -0.15) is 0 Å². The van der Waals surface area contributed by atoms with Gasteiger partial charge in [-0.05, 0) is 49.7 Å². The highest BCUT2D eigenvalue weighted by Crippen LogP contribution is 2.36. The molecule has 1 aliphatic carbocycles. The van der Waals surface area contributed by atoms with Crippen molar-refractivity contribution in [1.82, 2.24) is 15.6 Å². The third kappa shape index (κ3) is 5.34. The van der Waals surface area contributed by atoms with Gasteiger partial charge in [0.05, 0.1) is 11.7 Å². The molecule has 0 bridgehead atoms. The zero-order chi connectivity index (χ0) is 16.7. The van der Waals surface area contributed by atoms with Crippen LogP contribution in [0.1, 0.15) is 57.7 Å². The second-order valence-electron chi connectivity index (χ2n) is 6.37. The Balaban J connectivity index is 1.92. The first-order valence-electron chi connectivity index (χ1n) is 8.54. The SMILES string of the molecule is CCC(=O)NCC1CCC([C@H](NC(C)=O)c2ccccn2)CC1. The van der Waals surface area contributed by atoms with Crippen molar-refractivity contribution in [3.8, 4) is 0 Å². The maximum Gasteiger partial charge on any atom is 0.219 e. The van der Waals surface area contributed by atoms with Crippen molar-refractivity contribution in [3.05, 3.63) is 30.1 Å². The molecule has 0 saturated heterocycles. The van der Waals surface area contributed by atoms with Crippen LogP contribution in [-0.4, -0.2) is 23.3 Å². The summed E-state index contributed by atoms with van der Waals surface area (Å²) in [5, 5.41) is 6.06. The fourth-order valence-electron chi connectivity index (χ4n) is 3.32. The molecule has 1 fully saturated rings. The van der Waals surface area contributed by atoms with Crippen LogP contribution in [0, 0.1) is 11.8 Å². The van der Waals surface area contributed by atoms with Gasteiger partial charge in [0.15, 0.2) is 0 Å². The van der Waals surface area contributed by atoms with E-state index in [0.717, 1.165) is 37.9 Å². The Hall–Kier alpha value is -1.91. The Morgan fingerprint density at radius 3 is 2.57 bits per heavy atom. The average molecular weight is 317 g/mol. The first-order valence-corrected chi connectivity index (χ1v) is 8.54. The van der Waals surface area contributed by atoms with E-state index in [0.29, 0.717) is 18.3 Å². The average Bonchev–Trinajstić information content (AvgIpc) is 2.58. The van der Waals surface area contributed by atoms with E-state index >= 15 is 0 Å². The van der Waals surface area contributed by atoms with Gasteiger partial charge in [0.1, 0.15) is 0 Å². The first kappa shape index (κ1) is 17.4. The summed E-state index contributed by atoms with van der Waals surface area (Å²) in [6.07, 6.45) is 6.58. The van der Waals surface area contributed by atoms with Gasteiger partial charge >= 0.3 is 0 Å². The zero-order valence-electron chi connectivity index (χ0n) is 14.0. The predicted molar refractivity (Wildman–Crippen MR) is 89.5 cm³/mol. The molecule has 0 spiro atoms. The topological polar surface area (TPSA) is 71.1 Å². The number of nitrogens with zero attached hydrogens (tertiary/aromatic N) is 1. The summed E-state index contributed by atoms with van der Waals surface area (Å²) in [5.41, 5.74) is 0.936. The maximum absolute atomic E-state index is 11.6. The van der Waals surface area contributed by atoms with Crippen LogP contribution in [0.4, 0.5) is 0 Å². The first-order chi connectivity index (χ1) is 11.1. The molecule has 0 aliphatic heterocycles. The van der Waals surface area contributed by atoms with E-state index in [4.69, 9.17) is 0 Å². The minimum Gasteiger partial charge on any atom is -0.356 e. The van der Waals surface area contributed by atoms with Gasteiger partial charge in [0, 0.05) is 26.1 Å². The monoisotopic (exact) mass is 317 g/mol. The summed E-state index contributed by atoms with van der Waals surface area (Å²) >= 11 is 0. The van der Waals surface area contributed by atoms with Gasteiger partial charge in [-0.1, -0.05) is 13.0 Å². The van der Waals surface area contributed by atoms with Crippen LogP contribution in [0.3, 0.4) is 0 Å². The van der Waals surface area contributed by atoms with Gasteiger partial charge in [0.2, 0.25) is 11.8 Å². The molecule has 1 saturated carbocycles. The Morgan fingerprint density at radius 1 is 1.26 bits per heavy atom.